The quantitative estimate of drug-likeness (QED) is 0.914. The van der Waals surface area contributed by atoms with Crippen molar-refractivity contribution in [2.75, 3.05) is 5.32 Å². The van der Waals surface area contributed by atoms with E-state index < -0.39 is 6.36 Å². The number of ether oxygens (including phenoxy) is 1. The zero-order valence-corrected chi connectivity index (χ0v) is 11.6. The van der Waals surface area contributed by atoms with Gasteiger partial charge in [-0.1, -0.05) is 0 Å². The molecule has 0 saturated carbocycles. The van der Waals surface area contributed by atoms with Crippen LogP contribution in [0.3, 0.4) is 0 Å². The molecule has 20 heavy (non-hydrogen) atoms. The van der Waals surface area contributed by atoms with Crippen LogP contribution in [-0.2, 0) is 6.54 Å². The van der Waals surface area contributed by atoms with Crippen molar-refractivity contribution in [2.45, 2.75) is 12.9 Å². The summed E-state index contributed by atoms with van der Waals surface area (Å²) in [5.74, 6) is -0.289. The lowest BCUT2D eigenvalue weighted by molar-refractivity contribution is -0.274. The Labute approximate surface area is 121 Å². The van der Waals surface area contributed by atoms with Gasteiger partial charge in [-0.15, -0.1) is 13.2 Å². The molecule has 1 aromatic carbocycles. The summed E-state index contributed by atoms with van der Waals surface area (Å²) in [4.78, 5) is 7.98. The third-order valence-electron chi connectivity index (χ3n) is 2.25. The molecule has 0 atom stereocenters. The van der Waals surface area contributed by atoms with E-state index in [1.807, 2.05) is 0 Å². The first-order valence-electron chi connectivity index (χ1n) is 5.48. The predicted molar refractivity (Wildman–Crippen MR) is 70.2 cm³/mol. The Kier molecular flexibility index (Phi) is 4.43. The minimum atomic E-state index is -4.71. The summed E-state index contributed by atoms with van der Waals surface area (Å²) < 4.78 is 40.4. The molecule has 0 radical (unpaired) electrons. The number of halogens is 4. The van der Waals surface area contributed by atoms with Crippen LogP contribution < -0.4 is 10.1 Å². The lowest BCUT2D eigenvalue weighted by Gasteiger charge is -2.12. The van der Waals surface area contributed by atoms with Crippen molar-refractivity contribution in [1.29, 1.82) is 0 Å². The van der Waals surface area contributed by atoms with E-state index in [-0.39, 0.29) is 10.2 Å². The van der Waals surface area contributed by atoms with Crippen molar-refractivity contribution in [3.8, 4) is 5.75 Å². The zero-order valence-electron chi connectivity index (χ0n) is 9.99. The number of hydrogen-bond donors (Lipinski definition) is 1. The van der Waals surface area contributed by atoms with Crippen LogP contribution in [0.2, 0.25) is 0 Å². The van der Waals surface area contributed by atoms with Crippen molar-refractivity contribution < 1.29 is 17.9 Å². The van der Waals surface area contributed by atoms with Crippen molar-refractivity contribution in [2.24, 2.45) is 0 Å². The molecule has 1 heterocycles. The van der Waals surface area contributed by atoms with E-state index in [0.29, 0.717) is 12.2 Å². The molecule has 8 heteroatoms. The third-order valence-corrected chi connectivity index (χ3v) is 2.87. The fourth-order valence-electron chi connectivity index (χ4n) is 1.43. The van der Waals surface area contributed by atoms with Gasteiger partial charge in [-0.3, -0.25) is 9.97 Å². The Hall–Kier alpha value is -1.83. The van der Waals surface area contributed by atoms with Crippen molar-refractivity contribution in [3.05, 3.63) is 47.0 Å². The molecule has 0 amide bonds. The summed E-state index contributed by atoms with van der Waals surface area (Å²) in [7, 11) is 0. The van der Waals surface area contributed by atoms with E-state index in [0.717, 1.165) is 5.69 Å². The number of hydrogen-bond acceptors (Lipinski definition) is 4. The van der Waals surface area contributed by atoms with E-state index in [1.54, 1.807) is 18.6 Å². The number of benzene rings is 1. The summed E-state index contributed by atoms with van der Waals surface area (Å²) in [5.41, 5.74) is 1.36. The smallest absolute Gasteiger partial charge is 0.405 e. The summed E-state index contributed by atoms with van der Waals surface area (Å²) >= 11 is 3.03. The highest BCUT2D eigenvalue weighted by Crippen LogP contribution is 2.32. The summed E-state index contributed by atoms with van der Waals surface area (Å²) in [6.45, 7) is 0.416. The molecule has 0 saturated heterocycles. The highest BCUT2D eigenvalue weighted by Gasteiger charge is 2.31. The minimum Gasteiger partial charge on any atom is -0.405 e. The van der Waals surface area contributed by atoms with Gasteiger partial charge in [0.1, 0.15) is 5.75 Å². The van der Waals surface area contributed by atoms with Crippen LogP contribution in [0.4, 0.5) is 18.9 Å². The maximum absolute atomic E-state index is 12.1. The molecule has 1 aromatic heterocycles. The van der Waals surface area contributed by atoms with Gasteiger partial charge in [-0.05, 0) is 34.1 Å². The molecule has 106 valence electrons. The molecule has 1 N–H and O–H groups in total. The van der Waals surface area contributed by atoms with E-state index in [9.17, 15) is 13.2 Å². The predicted octanol–water partition coefficient (Wildman–Crippen LogP) is 3.75. The second-order valence-electron chi connectivity index (χ2n) is 3.74. The van der Waals surface area contributed by atoms with Gasteiger partial charge >= 0.3 is 6.36 Å². The number of nitrogens with zero attached hydrogens (tertiary/aromatic N) is 2. The van der Waals surface area contributed by atoms with Gasteiger partial charge < -0.3 is 10.1 Å². The van der Waals surface area contributed by atoms with Crippen LogP contribution in [0.5, 0.6) is 5.75 Å². The fraction of sp³-hybridized carbons (Fsp3) is 0.167. The molecule has 4 nitrogen and oxygen atoms in total. The first-order chi connectivity index (χ1) is 9.44. The number of alkyl halides is 3. The molecular weight excluding hydrogens is 339 g/mol. The van der Waals surface area contributed by atoms with E-state index in [1.165, 1.54) is 18.2 Å². The first kappa shape index (κ1) is 14.6. The number of anilines is 1. The monoisotopic (exact) mass is 347 g/mol. The van der Waals surface area contributed by atoms with Crippen LogP contribution in [-0.4, -0.2) is 16.3 Å². The van der Waals surface area contributed by atoms with Gasteiger partial charge in [0.15, 0.2) is 0 Å². The van der Waals surface area contributed by atoms with Gasteiger partial charge in [0, 0.05) is 18.1 Å². The van der Waals surface area contributed by atoms with Crippen LogP contribution in [0, 0.1) is 0 Å². The molecule has 0 unspecified atom stereocenters. The molecule has 0 fully saturated rings. The van der Waals surface area contributed by atoms with Gasteiger partial charge in [0.25, 0.3) is 0 Å². The molecule has 0 spiro atoms. The molecule has 2 aromatic rings. The summed E-state index contributed by atoms with van der Waals surface area (Å²) in [6, 6.07) is 4.22. The third kappa shape index (κ3) is 4.37. The van der Waals surface area contributed by atoms with Crippen molar-refractivity contribution in [3.63, 3.8) is 0 Å². The molecule has 0 aliphatic rings. The number of aromatic nitrogens is 2. The molecule has 0 aliphatic carbocycles. The maximum atomic E-state index is 12.1. The van der Waals surface area contributed by atoms with Gasteiger partial charge in [-0.25, -0.2) is 0 Å². The van der Waals surface area contributed by atoms with Gasteiger partial charge in [0.2, 0.25) is 0 Å². The zero-order chi connectivity index (χ0) is 14.6. The molecule has 0 aliphatic heterocycles. The lowest BCUT2D eigenvalue weighted by Crippen LogP contribution is -2.17. The molecular formula is C12H9BrF3N3O. The maximum Gasteiger partial charge on any atom is 0.573 e. The van der Waals surface area contributed by atoms with E-state index in [2.05, 4.69) is 36.0 Å². The van der Waals surface area contributed by atoms with Crippen molar-refractivity contribution in [1.82, 2.24) is 9.97 Å². The Morgan fingerprint density at radius 3 is 2.65 bits per heavy atom. The normalized spacial score (nSPS) is 11.2. The van der Waals surface area contributed by atoms with Crippen molar-refractivity contribution >= 4 is 21.6 Å². The Bertz CT molecular complexity index is 578. The highest BCUT2D eigenvalue weighted by atomic mass is 79.9. The molecule has 0 bridgehead atoms. The van der Waals surface area contributed by atoms with E-state index in [4.69, 9.17) is 0 Å². The number of nitrogens with one attached hydrogen (secondary N) is 1. The minimum absolute atomic E-state index is 0.207. The molecule has 2 rings (SSSR count). The second kappa shape index (κ2) is 6.08. The lowest BCUT2D eigenvalue weighted by atomic mass is 10.3. The SMILES string of the molecule is FC(F)(F)Oc1ccc(NCc2cnccn2)cc1Br. The van der Waals surface area contributed by atoms with Crippen LogP contribution in [0.25, 0.3) is 0 Å². The Morgan fingerprint density at radius 2 is 2.05 bits per heavy atom. The summed E-state index contributed by atoms with van der Waals surface area (Å²) in [5, 5.41) is 3.02. The van der Waals surface area contributed by atoms with Crippen LogP contribution in [0.1, 0.15) is 5.69 Å². The average Bonchev–Trinajstić information content (AvgIpc) is 2.39. The number of rotatable bonds is 4. The fourth-order valence-corrected chi connectivity index (χ4v) is 1.89. The largest absolute Gasteiger partial charge is 0.573 e. The second-order valence-corrected chi connectivity index (χ2v) is 4.60. The standard InChI is InChI=1S/C12H9BrF3N3O/c13-10-5-8(1-2-11(10)20-12(14,15)16)19-7-9-6-17-3-4-18-9/h1-6,19H,7H2. The van der Waals surface area contributed by atoms with E-state index >= 15 is 0 Å². The Balaban J connectivity index is 2.02. The average molecular weight is 348 g/mol. The van der Waals surface area contributed by atoms with Gasteiger partial charge in [-0.2, -0.15) is 0 Å². The van der Waals surface area contributed by atoms with Gasteiger partial charge in [0.05, 0.1) is 22.9 Å². The summed E-state index contributed by atoms with van der Waals surface area (Å²) in [6.07, 6.45) is 0.0107. The first-order valence-corrected chi connectivity index (χ1v) is 6.27. The Morgan fingerprint density at radius 1 is 1.25 bits per heavy atom. The van der Waals surface area contributed by atoms with Crippen LogP contribution >= 0.6 is 15.9 Å². The van der Waals surface area contributed by atoms with Crippen LogP contribution in [0.15, 0.2) is 41.3 Å². The highest BCUT2D eigenvalue weighted by molar-refractivity contribution is 9.10. The topological polar surface area (TPSA) is 47.0 Å².